The van der Waals surface area contributed by atoms with E-state index in [4.69, 9.17) is 88.6 Å². The van der Waals surface area contributed by atoms with Crippen LogP contribution in [0, 0.1) is 0 Å². The maximum atomic E-state index is 11.6. The SMILES string of the molecule is O=C(OC[C@H]1O[C@H](O[C@]2(CCl)O[C@H](CCl)[C@@H](O)[C@@H]2O)[C@H](O)[C@@H](O)[C@H]1Cl)OCC(Cl)(Cl)Cl. The Bertz CT molecular complexity index is 611. The Morgan fingerprint density at radius 1 is 1.00 bits per heavy atom. The second-order valence-corrected chi connectivity index (χ2v) is 10.3. The van der Waals surface area contributed by atoms with Crippen molar-refractivity contribution in [2.24, 2.45) is 0 Å². The lowest BCUT2D eigenvalue weighted by molar-refractivity contribution is -0.357. The monoisotopic (exact) mass is 570 g/mol. The van der Waals surface area contributed by atoms with E-state index in [0.29, 0.717) is 0 Å². The minimum Gasteiger partial charge on any atom is -0.431 e. The summed E-state index contributed by atoms with van der Waals surface area (Å²) in [5.41, 5.74) is 0. The van der Waals surface area contributed by atoms with Crippen molar-refractivity contribution in [3.63, 3.8) is 0 Å². The smallest absolute Gasteiger partial charge is 0.431 e. The molecule has 2 heterocycles. The van der Waals surface area contributed by atoms with Gasteiger partial charge >= 0.3 is 6.16 Å². The summed E-state index contributed by atoms with van der Waals surface area (Å²) in [6, 6.07) is 0. The van der Waals surface area contributed by atoms with Gasteiger partial charge in [-0.1, -0.05) is 34.8 Å². The van der Waals surface area contributed by atoms with E-state index in [2.05, 4.69) is 4.74 Å². The van der Waals surface area contributed by atoms with Crippen LogP contribution in [-0.2, 0) is 23.7 Å². The first-order chi connectivity index (χ1) is 14.3. The van der Waals surface area contributed by atoms with Crippen molar-refractivity contribution in [2.45, 2.75) is 57.9 Å². The molecule has 0 radical (unpaired) electrons. The molecule has 2 saturated heterocycles. The molecule has 10 nitrogen and oxygen atoms in total. The van der Waals surface area contributed by atoms with E-state index in [9.17, 15) is 25.2 Å². The first-order valence-corrected chi connectivity index (χ1v) is 11.3. The maximum Gasteiger partial charge on any atom is 0.508 e. The quantitative estimate of drug-likeness (QED) is 0.256. The van der Waals surface area contributed by atoms with Gasteiger partial charge in [-0.05, 0) is 0 Å². The number of aliphatic hydroxyl groups is 4. The molecule has 0 aromatic rings. The molecule has 0 aromatic carbocycles. The molecule has 2 rings (SSSR count). The van der Waals surface area contributed by atoms with Crippen LogP contribution in [0.15, 0.2) is 0 Å². The topological polar surface area (TPSA) is 144 Å². The van der Waals surface area contributed by atoms with Crippen LogP contribution in [0.2, 0.25) is 0 Å². The Hall–Kier alpha value is 0.730. The van der Waals surface area contributed by atoms with Crippen molar-refractivity contribution >= 4 is 75.8 Å². The Balaban J connectivity index is 2.05. The molecular weight excluding hydrogens is 553 g/mol. The predicted octanol–water partition coefficient (Wildman–Crippen LogP) is 0.875. The summed E-state index contributed by atoms with van der Waals surface area (Å²) < 4.78 is 24.0. The first kappa shape index (κ1) is 28.0. The predicted molar refractivity (Wildman–Crippen MR) is 110 cm³/mol. The Kier molecular flexibility index (Phi) is 10.3. The molecule has 9 atom stereocenters. The molecule has 4 N–H and O–H groups in total. The lowest BCUT2D eigenvalue weighted by Crippen LogP contribution is -2.61. The molecule has 0 aliphatic carbocycles. The Labute approximate surface area is 207 Å². The van der Waals surface area contributed by atoms with Gasteiger partial charge in [0.25, 0.3) is 0 Å². The standard InChI is InChI=1S/C15H20Cl6O10/c16-1-5-8(22)11(25)14(3-17,30-5)31-12-10(24)9(23)7(18)6(29-12)2-27-13(26)28-4-15(19,20)21/h5-12,22-25H,1-4H2/t5-,6-,7+,8-,9+,10-,11+,12-,14+/m1/s1. The lowest BCUT2D eigenvalue weighted by atomic mass is 10.0. The molecule has 0 saturated carbocycles. The van der Waals surface area contributed by atoms with Gasteiger partial charge in [0.05, 0.1) is 17.1 Å². The fourth-order valence-corrected chi connectivity index (χ4v) is 3.85. The van der Waals surface area contributed by atoms with Gasteiger partial charge in [0, 0.05) is 0 Å². The van der Waals surface area contributed by atoms with E-state index < -0.39 is 83.1 Å². The van der Waals surface area contributed by atoms with E-state index in [1.54, 1.807) is 0 Å². The number of carbonyl (C=O) groups excluding carboxylic acids is 1. The summed E-state index contributed by atoms with van der Waals surface area (Å²) in [6.45, 7) is -1.13. The lowest BCUT2D eigenvalue weighted by Gasteiger charge is -2.43. The van der Waals surface area contributed by atoms with Gasteiger partial charge in [-0.2, -0.15) is 0 Å². The molecule has 0 aromatic heterocycles. The van der Waals surface area contributed by atoms with Crippen LogP contribution in [0.3, 0.4) is 0 Å². The third-order valence-corrected chi connectivity index (χ3v) is 6.04. The first-order valence-electron chi connectivity index (χ1n) is 8.71. The molecule has 0 amide bonds. The summed E-state index contributed by atoms with van der Waals surface area (Å²) >= 11 is 34.0. The summed E-state index contributed by atoms with van der Waals surface area (Å²) in [6.07, 6.45) is -11.5. The van der Waals surface area contributed by atoms with E-state index in [1.807, 2.05) is 0 Å². The number of hydrogen-bond acceptors (Lipinski definition) is 10. The number of aliphatic hydroxyl groups excluding tert-OH is 4. The van der Waals surface area contributed by atoms with Gasteiger partial charge in [0.2, 0.25) is 9.58 Å². The average molecular weight is 573 g/mol. The molecule has 31 heavy (non-hydrogen) atoms. The van der Waals surface area contributed by atoms with E-state index >= 15 is 0 Å². The number of alkyl halides is 6. The number of hydrogen-bond donors (Lipinski definition) is 4. The molecular formula is C15H20Cl6O10. The normalized spacial score (nSPS) is 41.2. The largest absolute Gasteiger partial charge is 0.508 e. The van der Waals surface area contributed by atoms with Crippen LogP contribution in [0.4, 0.5) is 4.79 Å². The molecule has 2 aliphatic rings. The van der Waals surface area contributed by atoms with Crippen molar-refractivity contribution in [3.8, 4) is 0 Å². The van der Waals surface area contributed by atoms with Gasteiger partial charge in [-0.3, -0.25) is 0 Å². The maximum absolute atomic E-state index is 11.6. The molecule has 0 unspecified atom stereocenters. The zero-order valence-electron chi connectivity index (χ0n) is 15.5. The zero-order valence-corrected chi connectivity index (χ0v) is 20.0. The molecule has 2 aliphatic heterocycles. The summed E-state index contributed by atoms with van der Waals surface area (Å²) in [7, 11) is 0. The van der Waals surface area contributed by atoms with Gasteiger partial charge in [0.15, 0.2) is 6.29 Å². The highest BCUT2D eigenvalue weighted by atomic mass is 35.6. The molecule has 182 valence electrons. The molecule has 0 spiro atoms. The van der Waals surface area contributed by atoms with E-state index in [-0.39, 0.29) is 5.88 Å². The van der Waals surface area contributed by atoms with Gasteiger partial charge < -0.3 is 44.1 Å². The zero-order chi connectivity index (χ0) is 23.6. The van der Waals surface area contributed by atoms with Crippen molar-refractivity contribution in [1.29, 1.82) is 0 Å². The highest BCUT2D eigenvalue weighted by molar-refractivity contribution is 6.67. The van der Waals surface area contributed by atoms with Crippen molar-refractivity contribution < 1.29 is 48.9 Å². The fraction of sp³-hybridized carbons (Fsp3) is 0.933. The van der Waals surface area contributed by atoms with E-state index in [1.165, 1.54) is 0 Å². The Morgan fingerprint density at radius 2 is 1.65 bits per heavy atom. The van der Waals surface area contributed by atoms with Crippen LogP contribution in [0.5, 0.6) is 0 Å². The molecule has 16 heteroatoms. The van der Waals surface area contributed by atoms with E-state index in [0.717, 1.165) is 0 Å². The van der Waals surface area contributed by atoms with Crippen molar-refractivity contribution in [3.05, 3.63) is 0 Å². The van der Waals surface area contributed by atoms with Crippen LogP contribution in [0.25, 0.3) is 0 Å². The summed E-state index contributed by atoms with van der Waals surface area (Å²) in [5, 5.41) is 39.7. The summed E-state index contributed by atoms with van der Waals surface area (Å²) in [4.78, 5) is 11.6. The second-order valence-electron chi connectivity index (χ2n) is 6.74. The highest BCUT2D eigenvalue weighted by Crippen LogP contribution is 2.38. The third kappa shape index (κ3) is 6.88. The van der Waals surface area contributed by atoms with Crippen LogP contribution in [0.1, 0.15) is 0 Å². The molecule has 0 bridgehead atoms. The second kappa shape index (κ2) is 11.4. The number of ether oxygens (including phenoxy) is 5. The van der Waals surface area contributed by atoms with Crippen LogP contribution >= 0.6 is 69.6 Å². The minimum atomic E-state index is -2.01. The third-order valence-electron chi connectivity index (χ3n) is 4.50. The van der Waals surface area contributed by atoms with Crippen molar-refractivity contribution in [2.75, 3.05) is 25.0 Å². The average Bonchev–Trinajstić information content (AvgIpc) is 2.96. The number of rotatable bonds is 7. The molecule has 2 fully saturated rings. The fourth-order valence-electron chi connectivity index (χ4n) is 2.88. The van der Waals surface area contributed by atoms with Crippen LogP contribution < -0.4 is 0 Å². The minimum absolute atomic E-state index is 0.187. The summed E-state index contributed by atoms with van der Waals surface area (Å²) in [5.74, 6) is -2.69. The van der Waals surface area contributed by atoms with Gasteiger partial charge in [-0.25, -0.2) is 4.79 Å². The van der Waals surface area contributed by atoms with Crippen LogP contribution in [-0.4, -0.2) is 109 Å². The van der Waals surface area contributed by atoms with Gasteiger partial charge in [0.1, 0.15) is 49.8 Å². The Morgan fingerprint density at radius 3 is 2.16 bits per heavy atom. The number of halogens is 6. The highest BCUT2D eigenvalue weighted by Gasteiger charge is 2.58. The van der Waals surface area contributed by atoms with Crippen molar-refractivity contribution in [1.82, 2.24) is 0 Å². The number of carbonyl (C=O) groups is 1. The van der Waals surface area contributed by atoms with Gasteiger partial charge in [-0.15, -0.1) is 34.8 Å².